The average Bonchev–Trinajstić information content (AvgIpc) is 3.49. The van der Waals surface area contributed by atoms with Gasteiger partial charge < -0.3 is 15.5 Å². The summed E-state index contributed by atoms with van der Waals surface area (Å²) in [6.07, 6.45) is 0.628. The van der Waals surface area contributed by atoms with Crippen LogP contribution in [-0.2, 0) is 11.0 Å². The highest BCUT2D eigenvalue weighted by molar-refractivity contribution is 5.98. The summed E-state index contributed by atoms with van der Waals surface area (Å²) in [5.74, 6) is -2.63. The van der Waals surface area contributed by atoms with Crippen molar-refractivity contribution < 1.29 is 31.9 Å². The fourth-order valence-corrected chi connectivity index (χ4v) is 6.26. The number of aldehydes is 1. The Morgan fingerprint density at radius 1 is 0.930 bits per heavy atom. The second-order valence-electron chi connectivity index (χ2n) is 11.3. The van der Waals surface area contributed by atoms with Crippen molar-refractivity contribution in [1.29, 1.82) is 0 Å². The Bertz CT molecular complexity index is 1480. The van der Waals surface area contributed by atoms with E-state index in [-0.39, 0.29) is 24.1 Å². The van der Waals surface area contributed by atoms with E-state index in [1.165, 1.54) is 35.9 Å². The summed E-state index contributed by atoms with van der Waals surface area (Å²) in [5, 5.41) is 6.09. The molecular formula is C33H33F4N3O3. The molecule has 226 valence electrons. The third-order valence-electron chi connectivity index (χ3n) is 8.40. The lowest BCUT2D eigenvalue weighted by Crippen LogP contribution is -2.46. The molecule has 1 heterocycles. The quantitative estimate of drug-likeness (QED) is 0.218. The molecule has 2 aliphatic rings. The number of halogens is 4. The Kier molecular flexibility index (Phi) is 8.84. The number of rotatable bonds is 7. The van der Waals surface area contributed by atoms with Gasteiger partial charge in [-0.3, -0.25) is 14.4 Å². The van der Waals surface area contributed by atoms with E-state index >= 15 is 0 Å². The van der Waals surface area contributed by atoms with E-state index in [1.807, 2.05) is 24.3 Å². The van der Waals surface area contributed by atoms with Crippen molar-refractivity contribution in [3.05, 3.63) is 94.3 Å². The lowest BCUT2D eigenvalue weighted by atomic mass is 9.83. The van der Waals surface area contributed by atoms with E-state index in [1.54, 1.807) is 13.0 Å². The second kappa shape index (κ2) is 12.6. The van der Waals surface area contributed by atoms with Crippen LogP contribution in [-0.4, -0.2) is 35.6 Å². The maximum absolute atomic E-state index is 14.9. The Hall–Kier alpha value is -4.21. The first-order valence-corrected chi connectivity index (χ1v) is 14.5. The molecule has 0 spiro atoms. The summed E-state index contributed by atoms with van der Waals surface area (Å²) in [4.78, 5) is 40.3. The fourth-order valence-electron chi connectivity index (χ4n) is 6.26. The largest absolute Gasteiger partial charge is 0.417 e. The Morgan fingerprint density at radius 3 is 2.28 bits per heavy atom. The van der Waals surface area contributed by atoms with Gasteiger partial charge >= 0.3 is 6.18 Å². The highest BCUT2D eigenvalue weighted by Crippen LogP contribution is 2.40. The third-order valence-corrected chi connectivity index (χ3v) is 8.40. The molecule has 1 saturated heterocycles. The van der Waals surface area contributed by atoms with Crippen molar-refractivity contribution in [2.75, 3.05) is 17.2 Å². The molecule has 3 aromatic carbocycles. The van der Waals surface area contributed by atoms with Gasteiger partial charge in [-0.1, -0.05) is 37.1 Å². The molecule has 1 aliphatic heterocycles. The van der Waals surface area contributed by atoms with E-state index < -0.39 is 46.9 Å². The molecule has 3 aromatic rings. The molecule has 5 rings (SSSR count). The Morgan fingerprint density at radius 2 is 1.63 bits per heavy atom. The number of anilines is 2. The maximum atomic E-state index is 14.9. The molecule has 2 unspecified atom stereocenters. The number of nitrogens with one attached hydrogen (secondary N) is 2. The second-order valence-corrected chi connectivity index (χ2v) is 11.3. The van der Waals surface area contributed by atoms with Crippen LogP contribution in [0.25, 0.3) is 0 Å². The van der Waals surface area contributed by atoms with Gasteiger partial charge in [-0.15, -0.1) is 0 Å². The molecule has 1 saturated carbocycles. The smallest absolute Gasteiger partial charge is 0.382 e. The number of likely N-dealkylation sites (tertiary alicyclic amines) is 1. The van der Waals surface area contributed by atoms with Gasteiger partial charge in [0, 0.05) is 29.5 Å². The topological polar surface area (TPSA) is 78.5 Å². The van der Waals surface area contributed by atoms with Crippen LogP contribution in [0.4, 0.5) is 28.9 Å². The number of hydrogen-bond donors (Lipinski definition) is 2. The molecule has 0 bridgehead atoms. The molecular weight excluding hydrogens is 562 g/mol. The van der Waals surface area contributed by atoms with Gasteiger partial charge in [-0.25, -0.2) is 4.39 Å². The number of hydrogen-bond acceptors (Lipinski definition) is 4. The van der Waals surface area contributed by atoms with E-state index in [0.29, 0.717) is 30.0 Å². The molecule has 6 nitrogen and oxygen atoms in total. The average molecular weight is 596 g/mol. The summed E-state index contributed by atoms with van der Waals surface area (Å²) in [6.45, 7) is 1.92. The number of carbonyl (C=O) groups excluding carboxylic acids is 3. The van der Waals surface area contributed by atoms with Gasteiger partial charge in [-0.2, -0.15) is 13.2 Å². The van der Waals surface area contributed by atoms with Crippen LogP contribution in [0, 0.1) is 18.7 Å². The first kappa shape index (κ1) is 30.3. The van der Waals surface area contributed by atoms with Crippen molar-refractivity contribution in [3.63, 3.8) is 0 Å². The van der Waals surface area contributed by atoms with Gasteiger partial charge in [0.2, 0.25) is 5.91 Å². The number of amides is 2. The van der Waals surface area contributed by atoms with Crippen molar-refractivity contribution in [2.24, 2.45) is 5.92 Å². The number of nitrogens with zero attached hydrogens (tertiary/aromatic N) is 1. The van der Waals surface area contributed by atoms with Crippen LogP contribution in [0.5, 0.6) is 0 Å². The minimum Gasteiger partial charge on any atom is -0.382 e. The fraction of sp³-hybridized carbons (Fsp3) is 0.364. The maximum Gasteiger partial charge on any atom is 0.417 e. The van der Waals surface area contributed by atoms with Crippen LogP contribution in [0.3, 0.4) is 0 Å². The number of carbonyl (C=O) groups is 3. The summed E-state index contributed by atoms with van der Waals surface area (Å²) in [7, 11) is 0. The zero-order chi connectivity index (χ0) is 30.7. The van der Waals surface area contributed by atoms with Crippen molar-refractivity contribution >= 4 is 29.5 Å². The van der Waals surface area contributed by atoms with Crippen LogP contribution in [0.1, 0.15) is 82.0 Å². The molecule has 1 aliphatic carbocycles. The van der Waals surface area contributed by atoms with E-state index in [2.05, 4.69) is 10.6 Å². The number of benzene rings is 3. The monoisotopic (exact) mass is 595 g/mol. The third kappa shape index (κ3) is 6.58. The predicted molar refractivity (Wildman–Crippen MR) is 155 cm³/mol. The standard InChI is InChI=1S/C33H33F4N3O3/c1-20-6-4-10-28(34)29(20)32(43)40-17-5-9-26(30(40)21-11-14-24(15-12-21)38-23-7-2-3-8-23)31(42)39-25-16-13-22(19-41)27(18-25)33(35,36)37/h4,6,10-16,18-19,23,26,30,38H,2-3,5,7-9,17H2,1H3,(H,39,42). The highest BCUT2D eigenvalue weighted by Gasteiger charge is 2.41. The SMILES string of the molecule is Cc1cccc(F)c1C(=O)N1CCCC(C(=O)Nc2ccc(C=O)c(C(F)(F)F)c2)C1c1ccc(NC2CCCC2)cc1. The Labute approximate surface area is 247 Å². The predicted octanol–water partition coefficient (Wildman–Crippen LogP) is 7.55. The zero-order valence-corrected chi connectivity index (χ0v) is 23.7. The summed E-state index contributed by atoms with van der Waals surface area (Å²) >= 11 is 0. The van der Waals surface area contributed by atoms with Gasteiger partial charge in [-0.05, 0) is 80.1 Å². The van der Waals surface area contributed by atoms with E-state index in [9.17, 15) is 31.9 Å². The lowest BCUT2D eigenvalue weighted by Gasteiger charge is -2.41. The first-order chi connectivity index (χ1) is 20.6. The number of aryl methyl sites for hydroxylation is 1. The zero-order valence-electron chi connectivity index (χ0n) is 23.7. The normalized spacial score (nSPS) is 19.2. The number of alkyl halides is 3. The molecule has 10 heteroatoms. The number of piperidine rings is 1. The van der Waals surface area contributed by atoms with Crippen LogP contribution in [0.15, 0.2) is 60.7 Å². The van der Waals surface area contributed by atoms with Crippen molar-refractivity contribution in [3.8, 4) is 0 Å². The Balaban J connectivity index is 1.48. The van der Waals surface area contributed by atoms with Gasteiger partial charge in [0.15, 0.2) is 6.29 Å². The molecule has 43 heavy (non-hydrogen) atoms. The molecule has 2 N–H and O–H groups in total. The van der Waals surface area contributed by atoms with Crippen molar-refractivity contribution in [2.45, 2.75) is 63.7 Å². The molecule has 0 radical (unpaired) electrons. The molecule has 2 fully saturated rings. The summed E-state index contributed by atoms with van der Waals surface area (Å²) in [5.41, 5.74) is 0.138. The molecule has 0 aromatic heterocycles. The molecule has 2 amide bonds. The van der Waals surface area contributed by atoms with E-state index in [4.69, 9.17) is 0 Å². The summed E-state index contributed by atoms with van der Waals surface area (Å²) in [6, 6.07) is 14.4. The lowest BCUT2D eigenvalue weighted by molar-refractivity contribution is -0.137. The molecule has 2 atom stereocenters. The van der Waals surface area contributed by atoms with E-state index in [0.717, 1.165) is 30.7 Å². The van der Waals surface area contributed by atoms with Gasteiger partial charge in [0.1, 0.15) is 5.82 Å². The van der Waals surface area contributed by atoms with Crippen LogP contribution >= 0.6 is 0 Å². The van der Waals surface area contributed by atoms with Gasteiger partial charge in [0.25, 0.3) is 5.91 Å². The summed E-state index contributed by atoms with van der Waals surface area (Å²) < 4.78 is 55.6. The van der Waals surface area contributed by atoms with Crippen molar-refractivity contribution in [1.82, 2.24) is 4.90 Å². The minimum absolute atomic E-state index is 0.0765. The first-order valence-electron chi connectivity index (χ1n) is 14.5. The minimum atomic E-state index is -4.79. The highest BCUT2D eigenvalue weighted by atomic mass is 19.4. The van der Waals surface area contributed by atoms with Gasteiger partial charge in [0.05, 0.1) is 23.1 Å². The van der Waals surface area contributed by atoms with Crippen LogP contribution < -0.4 is 10.6 Å². The van der Waals surface area contributed by atoms with Crippen LogP contribution in [0.2, 0.25) is 0 Å².